The predicted molar refractivity (Wildman–Crippen MR) is 113 cm³/mol. The van der Waals surface area contributed by atoms with Crippen LogP contribution in [0.15, 0.2) is 47.2 Å². The number of benzene rings is 1. The average Bonchev–Trinajstić information content (AvgIpc) is 3.33. The number of allylic oxidation sites excluding steroid dienone is 1. The van der Waals surface area contributed by atoms with Crippen LogP contribution in [0.4, 0.5) is 16.0 Å². The van der Waals surface area contributed by atoms with E-state index in [0.29, 0.717) is 22.5 Å². The average molecular weight is 421 g/mol. The third-order valence-electron chi connectivity index (χ3n) is 5.03. The highest BCUT2D eigenvalue weighted by Crippen LogP contribution is 2.39. The third kappa shape index (κ3) is 3.75. The van der Waals surface area contributed by atoms with Crippen LogP contribution in [0.25, 0.3) is 5.70 Å². The van der Waals surface area contributed by atoms with Gasteiger partial charge in [0.05, 0.1) is 16.7 Å². The molecule has 31 heavy (non-hydrogen) atoms. The Morgan fingerprint density at radius 2 is 2.10 bits per heavy atom. The molecule has 0 fully saturated rings. The molecule has 0 spiro atoms. The number of nitrogens with zero attached hydrogens (tertiary/aromatic N) is 3. The van der Waals surface area contributed by atoms with E-state index in [1.165, 1.54) is 18.4 Å². The Morgan fingerprint density at radius 3 is 2.81 bits per heavy atom. The number of hydrogen-bond donors (Lipinski definition) is 4. The molecule has 10 heteroatoms. The van der Waals surface area contributed by atoms with Gasteiger partial charge in [0.1, 0.15) is 35.1 Å². The number of aromatic nitrogens is 3. The van der Waals surface area contributed by atoms with E-state index in [-0.39, 0.29) is 41.4 Å². The number of carbonyl (C=O) groups is 1. The fraction of sp³-hybridized carbons (Fsp3) is 0.190. The number of rotatable bonds is 6. The highest BCUT2D eigenvalue weighted by molar-refractivity contribution is 6.10. The first kappa shape index (κ1) is 20.2. The molecule has 0 radical (unpaired) electrons. The van der Waals surface area contributed by atoms with Gasteiger partial charge in [-0.3, -0.25) is 10.2 Å². The zero-order valence-electron chi connectivity index (χ0n) is 16.9. The predicted octanol–water partition coefficient (Wildman–Crippen LogP) is 2.61. The Hall–Kier alpha value is -4.08. The van der Waals surface area contributed by atoms with Gasteiger partial charge in [-0.05, 0) is 26.0 Å². The summed E-state index contributed by atoms with van der Waals surface area (Å²) in [6.45, 7) is 3.62. The molecule has 2 aromatic heterocycles. The Labute approximate surface area is 177 Å². The second-order valence-electron chi connectivity index (χ2n) is 7.54. The van der Waals surface area contributed by atoms with Gasteiger partial charge in [0.2, 0.25) is 5.91 Å². The monoisotopic (exact) mass is 421 g/mol. The molecular formula is C21H20FN7O2. The number of nitrogen functional groups attached to an aromatic ring is 1. The molecule has 1 aliphatic heterocycles. The van der Waals surface area contributed by atoms with Gasteiger partial charge in [-0.25, -0.2) is 14.4 Å². The Bertz CT molecular complexity index is 1200. The number of nitrogens with one attached hydrogen (secondary N) is 3. The summed E-state index contributed by atoms with van der Waals surface area (Å²) in [7, 11) is 0. The molecule has 158 valence electrons. The molecule has 0 aliphatic carbocycles. The maximum absolute atomic E-state index is 14.0. The van der Waals surface area contributed by atoms with Crippen molar-refractivity contribution in [2.75, 3.05) is 11.1 Å². The second-order valence-corrected chi connectivity index (χ2v) is 7.54. The molecule has 1 aliphatic rings. The first-order valence-electron chi connectivity index (χ1n) is 9.45. The molecule has 9 nitrogen and oxygen atoms in total. The van der Waals surface area contributed by atoms with Gasteiger partial charge >= 0.3 is 0 Å². The first-order valence-corrected chi connectivity index (χ1v) is 9.45. The van der Waals surface area contributed by atoms with Crippen molar-refractivity contribution >= 4 is 29.0 Å². The van der Waals surface area contributed by atoms with E-state index in [1.807, 2.05) is 0 Å². The van der Waals surface area contributed by atoms with Gasteiger partial charge < -0.3 is 20.9 Å². The van der Waals surface area contributed by atoms with Crippen molar-refractivity contribution in [3.8, 4) is 0 Å². The van der Waals surface area contributed by atoms with E-state index in [0.717, 1.165) is 0 Å². The molecule has 0 saturated heterocycles. The molecule has 0 bridgehead atoms. The second kappa shape index (κ2) is 7.63. The minimum atomic E-state index is -0.858. The minimum absolute atomic E-state index is 0.0305. The van der Waals surface area contributed by atoms with E-state index >= 15 is 0 Å². The SMILES string of the molecule is CC1(C)C(=O)Nc2nc(C(=N)/C=C(\NCc3ccccc3F)c3ccon3)nc(N)c21. The summed E-state index contributed by atoms with van der Waals surface area (Å²) in [6.07, 6.45) is 2.83. The summed E-state index contributed by atoms with van der Waals surface area (Å²) < 4.78 is 18.9. The van der Waals surface area contributed by atoms with Gasteiger partial charge in [-0.2, -0.15) is 0 Å². The maximum atomic E-state index is 14.0. The van der Waals surface area contributed by atoms with Gasteiger partial charge in [-0.1, -0.05) is 23.4 Å². The van der Waals surface area contributed by atoms with Gasteiger partial charge in [0.25, 0.3) is 0 Å². The Morgan fingerprint density at radius 1 is 1.32 bits per heavy atom. The molecule has 3 aromatic rings. The lowest BCUT2D eigenvalue weighted by Gasteiger charge is -2.16. The van der Waals surface area contributed by atoms with Crippen LogP contribution in [0, 0.1) is 11.2 Å². The highest BCUT2D eigenvalue weighted by Gasteiger charge is 2.42. The zero-order chi connectivity index (χ0) is 22.2. The van der Waals surface area contributed by atoms with Crippen LogP contribution < -0.4 is 16.4 Å². The first-order chi connectivity index (χ1) is 14.8. The summed E-state index contributed by atoms with van der Waals surface area (Å²) in [5.74, 6) is -0.139. The molecule has 0 atom stereocenters. The van der Waals surface area contributed by atoms with Crippen molar-refractivity contribution in [2.45, 2.75) is 25.8 Å². The molecular weight excluding hydrogens is 401 g/mol. The number of amides is 1. The van der Waals surface area contributed by atoms with Crippen molar-refractivity contribution in [1.82, 2.24) is 20.4 Å². The maximum Gasteiger partial charge on any atom is 0.235 e. The number of fused-ring (bicyclic) bond motifs is 1. The van der Waals surface area contributed by atoms with E-state index in [9.17, 15) is 9.18 Å². The van der Waals surface area contributed by atoms with Crippen molar-refractivity contribution in [3.63, 3.8) is 0 Å². The number of carbonyl (C=O) groups excluding carboxylic acids is 1. The molecule has 5 N–H and O–H groups in total. The smallest absolute Gasteiger partial charge is 0.235 e. The lowest BCUT2D eigenvalue weighted by Crippen LogP contribution is -2.27. The number of hydrogen-bond acceptors (Lipinski definition) is 8. The van der Waals surface area contributed by atoms with Gasteiger partial charge in [-0.15, -0.1) is 0 Å². The van der Waals surface area contributed by atoms with Gasteiger partial charge in [0, 0.05) is 18.2 Å². The molecule has 3 heterocycles. The summed E-state index contributed by atoms with van der Waals surface area (Å²) in [5.41, 5.74) is 6.93. The number of halogens is 1. The standard InChI is InChI=1S/C21H20FN7O2/c1-21(2)16-17(24)26-18(27-19(16)28-20(21)30)13(23)9-15(14-7-8-31-29-14)25-10-11-5-3-4-6-12(11)22/h3-9,23,25H,10H2,1-2H3,(H3,24,26,27,28,30)/b15-9-,23-13?. The topological polar surface area (TPSA) is 143 Å². The highest BCUT2D eigenvalue weighted by atomic mass is 19.1. The minimum Gasteiger partial charge on any atom is -0.383 e. The normalized spacial score (nSPS) is 14.8. The quantitative estimate of drug-likeness (QED) is 0.448. The Kier molecular flexibility index (Phi) is 4.97. The van der Waals surface area contributed by atoms with Crippen molar-refractivity contribution in [3.05, 3.63) is 71.1 Å². The number of nitrogens with two attached hydrogens (primary N) is 1. The van der Waals surface area contributed by atoms with Crippen molar-refractivity contribution in [2.24, 2.45) is 0 Å². The van der Waals surface area contributed by atoms with E-state index in [1.54, 1.807) is 38.1 Å². The summed E-state index contributed by atoms with van der Waals surface area (Å²) in [4.78, 5) is 20.7. The molecule has 0 saturated carbocycles. The van der Waals surface area contributed by atoms with Crippen LogP contribution in [0.2, 0.25) is 0 Å². The van der Waals surface area contributed by atoms with Crippen LogP contribution >= 0.6 is 0 Å². The summed E-state index contributed by atoms with van der Waals surface area (Å²) in [6, 6.07) is 7.98. The van der Waals surface area contributed by atoms with Crippen LogP contribution in [0.5, 0.6) is 0 Å². The fourth-order valence-electron chi connectivity index (χ4n) is 3.29. The molecule has 4 rings (SSSR count). The lowest BCUT2D eigenvalue weighted by molar-refractivity contribution is -0.119. The van der Waals surface area contributed by atoms with Crippen LogP contribution in [0.1, 0.15) is 36.5 Å². The Balaban J connectivity index is 1.65. The number of anilines is 2. The summed E-state index contributed by atoms with van der Waals surface area (Å²) >= 11 is 0. The third-order valence-corrected chi connectivity index (χ3v) is 5.03. The summed E-state index contributed by atoms with van der Waals surface area (Å²) in [5, 5.41) is 18.1. The molecule has 0 unspecified atom stereocenters. The van der Waals surface area contributed by atoms with E-state index in [4.69, 9.17) is 15.7 Å². The lowest BCUT2D eigenvalue weighted by atomic mass is 9.87. The van der Waals surface area contributed by atoms with E-state index < -0.39 is 5.41 Å². The van der Waals surface area contributed by atoms with Crippen LogP contribution in [-0.2, 0) is 16.8 Å². The van der Waals surface area contributed by atoms with Crippen LogP contribution in [-0.4, -0.2) is 26.7 Å². The van der Waals surface area contributed by atoms with Gasteiger partial charge in [0.15, 0.2) is 5.82 Å². The fourth-order valence-corrected chi connectivity index (χ4v) is 3.29. The van der Waals surface area contributed by atoms with E-state index in [2.05, 4.69) is 25.8 Å². The molecule has 1 aromatic carbocycles. The molecule has 1 amide bonds. The largest absolute Gasteiger partial charge is 0.383 e. The van der Waals surface area contributed by atoms with Crippen molar-refractivity contribution < 1.29 is 13.7 Å². The zero-order valence-corrected chi connectivity index (χ0v) is 16.9. The van der Waals surface area contributed by atoms with Crippen molar-refractivity contribution in [1.29, 1.82) is 5.41 Å². The van der Waals surface area contributed by atoms with Crippen LogP contribution in [0.3, 0.4) is 0 Å².